The molecule has 1 amide bonds. The number of hydrogen-bond donors (Lipinski definition) is 1. The number of ether oxygens (including phenoxy) is 3. The van der Waals surface area contributed by atoms with Crippen LogP contribution in [0.2, 0.25) is 0 Å². The summed E-state index contributed by atoms with van der Waals surface area (Å²) in [5.74, 6) is 1.88. The molecular weight excluding hydrogens is 460 g/mol. The summed E-state index contributed by atoms with van der Waals surface area (Å²) in [5, 5.41) is 3.46. The van der Waals surface area contributed by atoms with Crippen LogP contribution >= 0.6 is 12.2 Å². The number of rotatable bonds is 9. The van der Waals surface area contributed by atoms with Crippen LogP contribution in [0.5, 0.6) is 17.2 Å². The first-order valence-corrected chi connectivity index (χ1v) is 11.8. The molecule has 7 heteroatoms. The number of amides is 1. The van der Waals surface area contributed by atoms with Crippen molar-refractivity contribution in [3.8, 4) is 17.2 Å². The van der Waals surface area contributed by atoms with Gasteiger partial charge in [0.15, 0.2) is 16.6 Å². The van der Waals surface area contributed by atoms with Gasteiger partial charge in [-0.25, -0.2) is 0 Å². The molecule has 6 nitrogen and oxygen atoms in total. The van der Waals surface area contributed by atoms with Crippen molar-refractivity contribution in [2.75, 3.05) is 13.7 Å². The van der Waals surface area contributed by atoms with Crippen LogP contribution < -0.4 is 19.5 Å². The minimum atomic E-state index is -0.181. The molecule has 180 valence electrons. The van der Waals surface area contributed by atoms with Crippen LogP contribution in [0.1, 0.15) is 36.6 Å². The van der Waals surface area contributed by atoms with Crippen molar-refractivity contribution in [2.45, 2.75) is 26.5 Å². The molecule has 0 aromatic heterocycles. The zero-order valence-corrected chi connectivity index (χ0v) is 20.8. The fourth-order valence-corrected chi connectivity index (χ4v) is 4.30. The van der Waals surface area contributed by atoms with Crippen LogP contribution in [-0.4, -0.2) is 29.6 Å². The van der Waals surface area contributed by atoms with Crippen molar-refractivity contribution >= 4 is 29.3 Å². The van der Waals surface area contributed by atoms with Crippen LogP contribution in [0.25, 0.3) is 6.08 Å². The Morgan fingerprint density at radius 3 is 2.34 bits per heavy atom. The normalized spacial score (nSPS) is 15.2. The molecule has 0 radical (unpaired) electrons. The molecule has 1 N–H and O–H groups in total. The van der Waals surface area contributed by atoms with E-state index in [1.807, 2.05) is 86.6 Å². The number of carbonyl (C=O) groups excluding carboxylic acids is 1. The third kappa shape index (κ3) is 5.46. The van der Waals surface area contributed by atoms with E-state index in [-0.39, 0.29) is 18.6 Å². The zero-order valence-electron chi connectivity index (χ0n) is 20.0. The molecule has 1 heterocycles. The van der Waals surface area contributed by atoms with E-state index in [4.69, 9.17) is 26.4 Å². The lowest BCUT2D eigenvalue weighted by Crippen LogP contribution is -2.33. The third-order valence-corrected chi connectivity index (χ3v) is 6.03. The molecule has 1 aliphatic rings. The Bertz CT molecular complexity index is 1240. The second-order valence-corrected chi connectivity index (χ2v) is 8.38. The number of carbonyl (C=O) groups is 1. The summed E-state index contributed by atoms with van der Waals surface area (Å²) in [7, 11) is 1.62. The molecule has 35 heavy (non-hydrogen) atoms. The summed E-state index contributed by atoms with van der Waals surface area (Å²) in [4.78, 5) is 14.8. The van der Waals surface area contributed by atoms with E-state index in [0.29, 0.717) is 34.7 Å². The van der Waals surface area contributed by atoms with E-state index in [9.17, 15) is 4.79 Å². The lowest BCUT2D eigenvalue weighted by atomic mass is 10.1. The summed E-state index contributed by atoms with van der Waals surface area (Å²) in [6, 6.07) is 22.9. The summed E-state index contributed by atoms with van der Waals surface area (Å²) < 4.78 is 17.2. The number of para-hydroxylation sites is 2. The Hall–Kier alpha value is -3.84. The van der Waals surface area contributed by atoms with E-state index >= 15 is 0 Å². The fraction of sp³-hybridized carbons (Fsp3) is 0.214. The van der Waals surface area contributed by atoms with E-state index < -0.39 is 0 Å². The van der Waals surface area contributed by atoms with Gasteiger partial charge >= 0.3 is 0 Å². The summed E-state index contributed by atoms with van der Waals surface area (Å²) in [5.41, 5.74) is 3.12. The second kappa shape index (κ2) is 11.1. The predicted molar refractivity (Wildman–Crippen MR) is 140 cm³/mol. The largest absolute Gasteiger partial charge is 0.496 e. The van der Waals surface area contributed by atoms with Gasteiger partial charge in [0.05, 0.1) is 19.8 Å². The van der Waals surface area contributed by atoms with Gasteiger partial charge in [-0.3, -0.25) is 9.69 Å². The molecule has 3 aromatic rings. The highest BCUT2D eigenvalue weighted by Gasteiger charge is 2.34. The monoisotopic (exact) mass is 488 g/mol. The van der Waals surface area contributed by atoms with Crippen LogP contribution in [0.3, 0.4) is 0 Å². The molecule has 1 unspecified atom stereocenters. The summed E-state index contributed by atoms with van der Waals surface area (Å²) in [6.45, 7) is 4.73. The van der Waals surface area contributed by atoms with Gasteiger partial charge in [0.2, 0.25) is 0 Å². The van der Waals surface area contributed by atoms with Crippen molar-refractivity contribution in [1.29, 1.82) is 0 Å². The molecule has 1 atom stereocenters. The Labute approximate surface area is 211 Å². The number of thiocarbonyl (C=S) groups is 1. The maximum Gasteiger partial charge on any atom is 0.277 e. The first-order chi connectivity index (χ1) is 17.0. The standard InChI is InChI=1S/C28H28N2O4S/c1-4-33-25-12-8-9-13-26(25)34-18-22-16-20(14-15-24(22)32-3)17-23-27(31)30(28(35)29-23)19(2)21-10-6-5-7-11-21/h5-17,19H,4,18H2,1-3H3,(H,29,35)/b23-17-. The second-order valence-electron chi connectivity index (χ2n) is 7.99. The van der Waals surface area contributed by atoms with E-state index in [2.05, 4.69) is 5.32 Å². The first kappa shape index (κ1) is 24.3. The molecule has 3 aromatic carbocycles. The Kier molecular flexibility index (Phi) is 7.67. The molecule has 1 aliphatic heterocycles. The molecule has 4 rings (SSSR count). The predicted octanol–water partition coefficient (Wildman–Crippen LogP) is 5.49. The molecule has 1 saturated heterocycles. The molecular formula is C28H28N2O4S. The van der Waals surface area contributed by atoms with Gasteiger partial charge in [0.25, 0.3) is 5.91 Å². The maximum atomic E-state index is 13.2. The third-order valence-electron chi connectivity index (χ3n) is 5.73. The van der Waals surface area contributed by atoms with Crippen molar-refractivity contribution in [1.82, 2.24) is 10.2 Å². The van der Waals surface area contributed by atoms with Crippen molar-refractivity contribution in [2.24, 2.45) is 0 Å². The fourth-order valence-electron chi connectivity index (χ4n) is 3.95. The van der Waals surface area contributed by atoms with E-state index in [1.54, 1.807) is 18.1 Å². The van der Waals surface area contributed by atoms with Crippen molar-refractivity contribution < 1.29 is 19.0 Å². The first-order valence-electron chi connectivity index (χ1n) is 11.4. The van der Waals surface area contributed by atoms with Gasteiger partial charge in [-0.1, -0.05) is 48.5 Å². The minimum Gasteiger partial charge on any atom is -0.496 e. The van der Waals surface area contributed by atoms with Gasteiger partial charge in [-0.15, -0.1) is 0 Å². The minimum absolute atomic E-state index is 0.161. The summed E-state index contributed by atoms with van der Waals surface area (Å²) >= 11 is 5.48. The number of hydrogen-bond acceptors (Lipinski definition) is 5. The smallest absolute Gasteiger partial charge is 0.277 e. The number of nitrogens with zero attached hydrogens (tertiary/aromatic N) is 1. The topological polar surface area (TPSA) is 60.0 Å². The molecule has 0 bridgehead atoms. The highest BCUT2D eigenvalue weighted by Crippen LogP contribution is 2.30. The maximum absolute atomic E-state index is 13.2. The van der Waals surface area contributed by atoms with Crippen molar-refractivity contribution in [3.05, 3.63) is 95.2 Å². The van der Waals surface area contributed by atoms with Gasteiger partial charge in [0, 0.05) is 5.56 Å². The number of nitrogens with one attached hydrogen (secondary N) is 1. The zero-order chi connectivity index (χ0) is 24.8. The lowest BCUT2D eigenvalue weighted by Gasteiger charge is -2.23. The van der Waals surface area contributed by atoms with Gasteiger partial charge in [-0.05, 0) is 67.5 Å². The van der Waals surface area contributed by atoms with Crippen LogP contribution in [0.4, 0.5) is 0 Å². The van der Waals surface area contributed by atoms with E-state index in [0.717, 1.165) is 16.7 Å². The average Bonchev–Trinajstić information content (AvgIpc) is 3.16. The highest BCUT2D eigenvalue weighted by atomic mass is 32.1. The number of methoxy groups -OCH3 is 1. The summed E-state index contributed by atoms with van der Waals surface area (Å²) in [6.07, 6.45) is 1.80. The van der Waals surface area contributed by atoms with Crippen LogP contribution in [0, 0.1) is 0 Å². The van der Waals surface area contributed by atoms with E-state index in [1.165, 1.54) is 0 Å². The quantitative estimate of drug-likeness (QED) is 0.317. The Morgan fingerprint density at radius 2 is 1.66 bits per heavy atom. The highest BCUT2D eigenvalue weighted by molar-refractivity contribution is 7.80. The van der Waals surface area contributed by atoms with Gasteiger partial charge in [0.1, 0.15) is 18.1 Å². The average molecular weight is 489 g/mol. The Morgan fingerprint density at radius 1 is 0.971 bits per heavy atom. The molecule has 1 fully saturated rings. The molecule has 0 aliphatic carbocycles. The molecule has 0 spiro atoms. The van der Waals surface area contributed by atoms with Crippen molar-refractivity contribution in [3.63, 3.8) is 0 Å². The van der Waals surface area contributed by atoms with Gasteiger partial charge in [-0.2, -0.15) is 0 Å². The SMILES string of the molecule is CCOc1ccccc1OCc1cc(/C=C2\NC(=S)N(C(C)c3ccccc3)C2=O)ccc1OC. The number of benzene rings is 3. The van der Waals surface area contributed by atoms with Crippen LogP contribution in [0.15, 0.2) is 78.5 Å². The Balaban J connectivity index is 1.55. The van der Waals surface area contributed by atoms with Crippen LogP contribution in [-0.2, 0) is 11.4 Å². The molecule has 0 saturated carbocycles. The lowest BCUT2D eigenvalue weighted by molar-refractivity contribution is -0.123. The van der Waals surface area contributed by atoms with Gasteiger partial charge < -0.3 is 19.5 Å².